The number of ketones is 2. The molecule has 8 heteroatoms. The number of Topliss-reactive ketones (excluding diaryl/α,β-unsaturated/α-hetero) is 2. The SMILES string of the molecule is CC.O=C(CCC(=O)c1ccc2c(c1)OC(F)(F)C(F)(F)O2)c1ccccc1. The smallest absolute Gasteiger partial charge is 0.421 e. The van der Waals surface area contributed by atoms with Gasteiger partial charge in [0, 0.05) is 24.0 Å². The summed E-state index contributed by atoms with van der Waals surface area (Å²) in [6.45, 7) is 4.00. The minimum atomic E-state index is -4.86. The van der Waals surface area contributed by atoms with Gasteiger partial charge in [-0.2, -0.15) is 17.6 Å². The lowest BCUT2D eigenvalue weighted by atomic mass is 10.0. The highest BCUT2D eigenvalue weighted by molar-refractivity contribution is 6.02. The van der Waals surface area contributed by atoms with Gasteiger partial charge in [0.05, 0.1) is 0 Å². The number of carbonyl (C=O) groups excluding carboxylic acids is 2. The summed E-state index contributed by atoms with van der Waals surface area (Å²) in [5.74, 6) is -2.03. The zero-order valence-corrected chi connectivity index (χ0v) is 15.2. The maximum absolute atomic E-state index is 13.2. The van der Waals surface area contributed by atoms with Crippen molar-refractivity contribution in [3.8, 4) is 11.5 Å². The molecule has 0 spiro atoms. The molecule has 0 radical (unpaired) electrons. The highest BCUT2D eigenvalue weighted by Crippen LogP contribution is 2.47. The van der Waals surface area contributed by atoms with Crippen molar-refractivity contribution in [1.29, 1.82) is 0 Å². The van der Waals surface area contributed by atoms with Gasteiger partial charge in [-0.1, -0.05) is 44.2 Å². The molecule has 0 unspecified atom stereocenters. The van der Waals surface area contributed by atoms with Crippen molar-refractivity contribution in [2.75, 3.05) is 0 Å². The van der Waals surface area contributed by atoms with Gasteiger partial charge in [-0.25, -0.2) is 0 Å². The van der Waals surface area contributed by atoms with E-state index in [1.807, 2.05) is 13.8 Å². The second kappa shape index (κ2) is 8.41. The summed E-state index contributed by atoms with van der Waals surface area (Å²) >= 11 is 0. The first-order valence-electron chi connectivity index (χ1n) is 8.59. The fourth-order valence-corrected chi connectivity index (χ4v) is 2.38. The third-order valence-corrected chi connectivity index (χ3v) is 3.76. The maximum atomic E-state index is 13.2. The van der Waals surface area contributed by atoms with E-state index in [2.05, 4.69) is 9.47 Å². The first-order chi connectivity index (χ1) is 13.2. The zero-order chi connectivity index (χ0) is 20.9. The van der Waals surface area contributed by atoms with E-state index < -0.39 is 29.5 Å². The molecule has 3 rings (SSSR count). The van der Waals surface area contributed by atoms with Crippen LogP contribution in [0.15, 0.2) is 48.5 Å². The Hall–Kier alpha value is -2.90. The molecule has 2 aromatic carbocycles. The molecular weight excluding hydrogens is 380 g/mol. The Kier molecular flexibility index (Phi) is 6.43. The summed E-state index contributed by atoms with van der Waals surface area (Å²) in [6.07, 6.45) is -9.91. The Morgan fingerprint density at radius 1 is 0.750 bits per heavy atom. The molecule has 0 aromatic heterocycles. The van der Waals surface area contributed by atoms with E-state index >= 15 is 0 Å². The van der Waals surface area contributed by atoms with Crippen LogP contribution in [0.4, 0.5) is 17.6 Å². The lowest BCUT2D eigenvalue weighted by Crippen LogP contribution is -2.52. The number of fused-ring (bicyclic) bond motifs is 1. The van der Waals surface area contributed by atoms with Crippen LogP contribution in [-0.4, -0.2) is 23.8 Å². The van der Waals surface area contributed by atoms with E-state index in [9.17, 15) is 27.2 Å². The molecule has 1 aliphatic heterocycles. The van der Waals surface area contributed by atoms with Gasteiger partial charge < -0.3 is 9.47 Å². The van der Waals surface area contributed by atoms with E-state index in [-0.39, 0.29) is 24.2 Å². The van der Waals surface area contributed by atoms with E-state index in [1.165, 1.54) is 0 Å². The first kappa shape index (κ1) is 21.4. The Balaban J connectivity index is 0.00000136. The van der Waals surface area contributed by atoms with Crippen LogP contribution >= 0.6 is 0 Å². The number of rotatable bonds is 5. The number of hydrogen-bond acceptors (Lipinski definition) is 4. The molecule has 150 valence electrons. The van der Waals surface area contributed by atoms with Crippen molar-refractivity contribution >= 4 is 11.6 Å². The van der Waals surface area contributed by atoms with Gasteiger partial charge in [0.15, 0.2) is 23.1 Å². The quantitative estimate of drug-likeness (QED) is 0.492. The summed E-state index contributed by atoms with van der Waals surface area (Å²) in [5.41, 5.74) is 0.401. The third-order valence-electron chi connectivity index (χ3n) is 3.76. The summed E-state index contributed by atoms with van der Waals surface area (Å²) in [7, 11) is 0. The van der Waals surface area contributed by atoms with Crippen LogP contribution in [-0.2, 0) is 0 Å². The highest BCUT2D eigenvalue weighted by atomic mass is 19.3. The number of alkyl halides is 4. The molecule has 0 bridgehead atoms. The molecule has 2 aromatic rings. The predicted molar refractivity (Wildman–Crippen MR) is 93.3 cm³/mol. The number of halogens is 4. The topological polar surface area (TPSA) is 52.6 Å². The minimum Gasteiger partial charge on any atom is -0.421 e. The molecule has 1 heterocycles. The predicted octanol–water partition coefficient (Wildman–Crippen LogP) is 5.52. The Morgan fingerprint density at radius 2 is 1.25 bits per heavy atom. The van der Waals surface area contributed by atoms with E-state index in [0.29, 0.717) is 5.56 Å². The lowest BCUT2D eigenvalue weighted by molar-refractivity contribution is -0.391. The van der Waals surface area contributed by atoms with Gasteiger partial charge in [-0.3, -0.25) is 9.59 Å². The fraction of sp³-hybridized carbons (Fsp3) is 0.300. The molecule has 0 fully saturated rings. The second-order valence-electron chi connectivity index (χ2n) is 5.61. The van der Waals surface area contributed by atoms with Crippen LogP contribution in [0.1, 0.15) is 47.4 Å². The molecule has 0 aliphatic carbocycles. The largest absolute Gasteiger partial charge is 0.507 e. The molecule has 0 N–H and O–H groups in total. The summed E-state index contributed by atoms with van der Waals surface area (Å²) in [4.78, 5) is 24.2. The van der Waals surface area contributed by atoms with E-state index in [4.69, 9.17) is 0 Å². The molecule has 0 saturated carbocycles. The molecule has 0 atom stereocenters. The average molecular weight is 398 g/mol. The van der Waals surface area contributed by atoms with Crippen LogP contribution in [0.25, 0.3) is 0 Å². The lowest BCUT2D eigenvalue weighted by Gasteiger charge is -2.31. The summed E-state index contributed by atoms with van der Waals surface area (Å²) in [5, 5.41) is 0. The Bertz CT molecular complexity index is 851. The first-order valence-corrected chi connectivity index (χ1v) is 8.59. The number of benzene rings is 2. The standard InChI is InChI=1S/C18H12F4O4.C2H6/c19-17(20)18(21,22)26-16-10-12(6-9-15(16)25-17)14(24)8-7-13(23)11-4-2-1-3-5-11;1-2/h1-6,9-10H,7-8H2;1-2H3. The Labute approximate surface area is 159 Å². The van der Waals surface area contributed by atoms with Crippen LogP contribution in [0.3, 0.4) is 0 Å². The average Bonchev–Trinajstić information content (AvgIpc) is 2.68. The fourth-order valence-electron chi connectivity index (χ4n) is 2.38. The van der Waals surface area contributed by atoms with Crippen molar-refractivity contribution in [2.24, 2.45) is 0 Å². The molecule has 0 saturated heterocycles. The van der Waals surface area contributed by atoms with Crippen molar-refractivity contribution in [3.63, 3.8) is 0 Å². The van der Waals surface area contributed by atoms with Crippen LogP contribution in [0.2, 0.25) is 0 Å². The van der Waals surface area contributed by atoms with Crippen LogP contribution in [0.5, 0.6) is 11.5 Å². The normalized spacial score (nSPS) is 15.8. The molecular formula is C20H18F4O4. The van der Waals surface area contributed by atoms with Crippen LogP contribution in [0, 0.1) is 0 Å². The van der Waals surface area contributed by atoms with Crippen LogP contribution < -0.4 is 9.47 Å². The Morgan fingerprint density at radius 3 is 1.82 bits per heavy atom. The van der Waals surface area contributed by atoms with Gasteiger partial charge in [-0.15, -0.1) is 0 Å². The van der Waals surface area contributed by atoms with Gasteiger partial charge >= 0.3 is 12.2 Å². The summed E-state index contributed by atoms with van der Waals surface area (Å²) < 4.78 is 60.5. The number of ether oxygens (including phenoxy) is 2. The second-order valence-corrected chi connectivity index (χ2v) is 5.61. The van der Waals surface area contributed by atoms with Gasteiger partial charge in [0.2, 0.25) is 0 Å². The van der Waals surface area contributed by atoms with E-state index in [0.717, 1.165) is 18.2 Å². The maximum Gasteiger partial charge on any atom is 0.507 e. The molecule has 28 heavy (non-hydrogen) atoms. The number of carbonyl (C=O) groups is 2. The minimum absolute atomic E-state index is 0.0470. The molecule has 4 nitrogen and oxygen atoms in total. The van der Waals surface area contributed by atoms with E-state index in [1.54, 1.807) is 30.3 Å². The van der Waals surface area contributed by atoms with Gasteiger partial charge in [0.1, 0.15) is 0 Å². The zero-order valence-electron chi connectivity index (χ0n) is 15.2. The monoisotopic (exact) mass is 398 g/mol. The van der Waals surface area contributed by atoms with Crippen molar-refractivity contribution in [2.45, 2.75) is 38.9 Å². The van der Waals surface area contributed by atoms with Gasteiger partial charge in [0.25, 0.3) is 0 Å². The molecule has 0 amide bonds. The van der Waals surface area contributed by atoms with Crippen molar-refractivity contribution < 1.29 is 36.6 Å². The van der Waals surface area contributed by atoms with Crippen molar-refractivity contribution in [1.82, 2.24) is 0 Å². The summed E-state index contributed by atoms with van der Waals surface area (Å²) in [6, 6.07) is 11.3. The highest BCUT2D eigenvalue weighted by Gasteiger charge is 2.65. The number of hydrogen-bond donors (Lipinski definition) is 0. The van der Waals surface area contributed by atoms with Crippen molar-refractivity contribution in [3.05, 3.63) is 59.7 Å². The van der Waals surface area contributed by atoms with Gasteiger partial charge in [-0.05, 0) is 18.2 Å². The third kappa shape index (κ3) is 4.49. The molecule has 1 aliphatic rings.